The molecule has 1 heterocycles. The van der Waals surface area contributed by atoms with Crippen LogP contribution >= 0.6 is 46.1 Å². The largest absolute Gasteiger partial charge is 0.494 e. The predicted molar refractivity (Wildman–Crippen MR) is 93.4 cm³/mol. The molecule has 23 heavy (non-hydrogen) atoms. The average molecular weight is 394 g/mol. The van der Waals surface area contributed by atoms with E-state index in [9.17, 15) is 9.59 Å². The fourth-order valence-corrected chi connectivity index (χ4v) is 3.70. The molecule has 1 aromatic heterocycles. The third-order valence-corrected chi connectivity index (χ3v) is 5.02. The summed E-state index contributed by atoms with van der Waals surface area (Å²) in [5.74, 6) is -0.844. The van der Waals surface area contributed by atoms with E-state index in [2.05, 4.69) is 5.32 Å². The Balaban J connectivity index is 2.44. The summed E-state index contributed by atoms with van der Waals surface area (Å²) in [5.41, 5.74) is 6.15. The number of anilines is 1. The number of amides is 2. The van der Waals surface area contributed by atoms with E-state index in [0.717, 1.165) is 11.3 Å². The summed E-state index contributed by atoms with van der Waals surface area (Å²) in [6.45, 7) is 0. The van der Waals surface area contributed by atoms with Crippen molar-refractivity contribution in [2.45, 2.75) is 5.88 Å². The molecule has 1 aromatic carbocycles. The molecule has 0 fully saturated rings. The SMILES string of the molecule is COc1cc(Cl)cc(C(N)=O)c1NC(=O)c1scc(CCl)c1Cl. The molecule has 0 saturated heterocycles. The molecule has 0 aliphatic carbocycles. The number of carbonyl (C=O) groups is 2. The minimum Gasteiger partial charge on any atom is -0.494 e. The van der Waals surface area contributed by atoms with E-state index in [1.807, 2.05) is 0 Å². The maximum atomic E-state index is 12.4. The molecule has 0 saturated carbocycles. The third kappa shape index (κ3) is 3.72. The summed E-state index contributed by atoms with van der Waals surface area (Å²) < 4.78 is 5.15. The number of halogens is 3. The molecule has 122 valence electrons. The Morgan fingerprint density at radius 1 is 1.35 bits per heavy atom. The highest BCUT2D eigenvalue weighted by atomic mass is 35.5. The van der Waals surface area contributed by atoms with E-state index in [4.69, 9.17) is 45.3 Å². The van der Waals surface area contributed by atoms with Gasteiger partial charge in [0.05, 0.1) is 23.4 Å². The first kappa shape index (κ1) is 17.9. The number of rotatable bonds is 5. The highest BCUT2D eigenvalue weighted by molar-refractivity contribution is 7.13. The molecule has 5 nitrogen and oxygen atoms in total. The predicted octanol–water partition coefficient (Wildman–Crippen LogP) is 4.15. The lowest BCUT2D eigenvalue weighted by atomic mass is 10.1. The van der Waals surface area contributed by atoms with Crippen LogP contribution in [0.15, 0.2) is 17.5 Å². The van der Waals surface area contributed by atoms with Gasteiger partial charge in [-0.25, -0.2) is 0 Å². The maximum Gasteiger partial charge on any atom is 0.267 e. The molecule has 2 amide bonds. The van der Waals surface area contributed by atoms with Crippen molar-refractivity contribution in [1.82, 2.24) is 0 Å². The van der Waals surface area contributed by atoms with E-state index in [0.29, 0.717) is 5.56 Å². The monoisotopic (exact) mass is 392 g/mol. The third-order valence-electron chi connectivity index (χ3n) is 2.94. The zero-order valence-corrected chi connectivity index (χ0v) is 14.9. The lowest BCUT2D eigenvalue weighted by molar-refractivity contribution is 0.100. The summed E-state index contributed by atoms with van der Waals surface area (Å²) in [4.78, 5) is 24.3. The number of nitrogens with one attached hydrogen (secondary N) is 1. The smallest absolute Gasteiger partial charge is 0.267 e. The van der Waals surface area contributed by atoms with Crippen LogP contribution in [0.3, 0.4) is 0 Å². The number of alkyl halides is 1. The topological polar surface area (TPSA) is 81.4 Å². The lowest BCUT2D eigenvalue weighted by Crippen LogP contribution is -2.18. The minimum absolute atomic E-state index is 0.0351. The highest BCUT2D eigenvalue weighted by Gasteiger charge is 2.21. The molecule has 0 atom stereocenters. The first-order valence-electron chi connectivity index (χ1n) is 6.19. The van der Waals surface area contributed by atoms with Crippen molar-refractivity contribution < 1.29 is 14.3 Å². The van der Waals surface area contributed by atoms with Gasteiger partial charge >= 0.3 is 0 Å². The minimum atomic E-state index is -0.750. The van der Waals surface area contributed by atoms with E-state index < -0.39 is 11.8 Å². The van der Waals surface area contributed by atoms with E-state index in [1.54, 1.807) is 5.38 Å². The summed E-state index contributed by atoms with van der Waals surface area (Å²) in [6.07, 6.45) is 0. The molecule has 0 aliphatic rings. The van der Waals surface area contributed by atoms with Crippen LogP contribution in [0.1, 0.15) is 25.6 Å². The number of thiophene rings is 1. The van der Waals surface area contributed by atoms with Gasteiger partial charge in [0.2, 0.25) is 0 Å². The van der Waals surface area contributed by atoms with Gasteiger partial charge in [-0.05, 0) is 17.0 Å². The van der Waals surface area contributed by atoms with Crippen molar-refractivity contribution in [3.8, 4) is 5.75 Å². The van der Waals surface area contributed by atoms with Crippen molar-refractivity contribution >= 4 is 63.6 Å². The summed E-state index contributed by atoms with van der Waals surface area (Å²) >= 11 is 18.9. The second-order valence-corrected chi connectivity index (χ2v) is 6.35. The van der Waals surface area contributed by atoms with Gasteiger partial charge in [0, 0.05) is 17.0 Å². The first-order valence-corrected chi connectivity index (χ1v) is 8.36. The van der Waals surface area contributed by atoms with E-state index >= 15 is 0 Å². The average Bonchev–Trinajstić information content (AvgIpc) is 2.89. The van der Waals surface area contributed by atoms with Crippen LogP contribution in [0.2, 0.25) is 10.0 Å². The number of nitrogens with two attached hydrogens (primary N) is 1. The summed E-state index contributed by atoms with van der Waals surface area (Å²) in [7, 11) is 1.38. The van der Waals surface area contributed by atoms with Crippen molar-refractivity contribution in [3.05, 3.63) is 43.6 Å². The van der Waals surface area contributed by atoms with Gasteiger partial charge in [0.1, 0.15) is 10.6 Å². The Morgan fingerprint density at radius 3 is 2.57 bits per heavy atom. The Bertz CT molecular complexity index is 777. The molecule has 0 bridgehead atoms. The quantitative estimate of drug-likeness (QED) is 0.749. The number of hydrogen-bond acceptors (Lipinski definition) is 4. The van der Waals surface area contributed by atoms with Gasteiger partial charge in [0.15, 0.2) is 0 Å². The number of benzene rings is 1. The molecule has 9 heteroatoms. The molecule has 0 unspecified atom stereocenters. The molecular weight excluding hydrogens is 383 g/mol. The molecule has 0 aliphatic heterocycles. The molecule has 3 N–H and O–H groups in total. The normalized spacial score (nSPS) is 10.4. The molecule has 2 aromatic rings. The van der Waals surface area contributed by atoms with Crippen LogP contribution in [-0.2, 0) is 5.88 Å². The van der Waals surface area contributed by atoms with Gasteiger partial charge < -0.3 is 15.8 Å². The van der Waals surface area contributed by atoms with Crippen LogP contribution in [-0.4, -0.2) is 18.9 Å². The van der Waals surface area contributed by atoms with Crippen LogP contribution in [0.25, 0.3) is 0 Å². The second-order valence-electron chi connectivity index (χ2n) is 4.39. The van der Waals surface area contributed by atoms with Crippen molar-refractivity contribution in [3.63, 3.8) is 0 Å². The van der Waals surface area contributed by atoms with Crippen LogP contribution < -0.4 is 15.8 Å². The molecular formula is C14H11Cl3N2O3S. The van der Waals surface area contributed by atoms with Crippen molar-refractivity contribution in [2.75, 3.05) is 12.4 Å². The van der Waals surface area contributed by atoms with Gasteiger partial charge in [0.25, 0.3) is 11.8 Å². The standard InChI is InChI=1S/C14H11Cl3N2O3S/c1-22-9-3-7(16)2-8(13(18)20)11(9)19-14(21)12-10(17)6(4-15)5-23-12/h2-3,5H,4H2,1H3,(H2,18,20)(H,19,21). The number of hydrogen-bond donors (Lipinski definition) is 2. The first-order chi connectivity index (χ1) is 10.9. The zero-order chi connectivity index (χ0) is 17.1. The van der Waals surface area contributed by atoms with Gasteiger partial charge in [-0.1, -0.05) is 23.2 Å². The van der Waals surface area contributed by atoms with Crippen LogP contribution in [0.5, 0.6) is 5.75 Å². The fourth-order valence-electron chi connectivity index (χ4n) is 1.86. The Hall–Kier alpha value is -1.47. The van der Waals surface area contributed by atoms with Crippen molar-refractivity contribution in [1.29, 1.82) is 0 Å². The molecule has 2 rings (SSSR count). The van der Waals surface area contributed by atoms with Gasteiger partial charge in [-0.3, -0.25) is 9.59 Å². The van der Waals surface area contributed by atoms with Crippen LogP contribution in [0, 0.1) is 0 Å². The molecule has 0 radical (unpaired) electrons. The molecule has 0 spiro atoms. The number of ether oxygens (including phenoxy) is 1. The zero-order valence-electron chi connectivity index (χ0n) is 11.8. The fraction of sp³-hybridized carbons (Fsp3) is 0.143. The van der Waals surface area contributed by atoms with E-state index in [1.165, 1.54) is 19.2 Å². The van der Waals surface area contributed by atoms with Crippen LogP contribution in [0.4, 0.5) is 5.69 Å². The maximum absolute atomic E-state index is 12.4. The Morgan fingerprint density at radius 2 is 2.04 bits per heavy atom. The lowest BCUT2D eigenvalue weighted by Gasteiger charge is -2.14. The highest BCUT2D eigenvalue weighted by Crippen LogP contribution is 2.35. The second kappa shape index (κ2) is 7.40. The Labute approximate surface area is 151 Å². The Kier molecular flexibility index (Phi) is 5.75. The summed E-state index contributed by atoms with van der Waals surface area (Å²) in [5, 5.41) is 4.82. The number of methoxy groups -OCH3 is 1. The van der Waals surface area contributed by atoms with Gasteiger partial charge in [-0.15, -0.1) is 22.9 Å². The summed E-state index contributed by atoms with van der Waals surface area (Å²) in [6, 6.07) is 2.81. The van der Waals surface area contributed by atoms with Crippen molar-refractivity contribution in [2.24, 2.45) is 5.73 Å². The van der Waals surface area contributed by atoms with E-state index in [-0.39, 0.29) is 37.8 Å². The number of carbonyl (C=O) groups excluding carboxylic acids is 2. The number of primary amides is 1. The van der Waals surface area contributed by atoms with Gasteiger partial charge in [-0.2, -0.15) is 0 Å².